The molecule has 2 heterocycles. The predicted molar refractivity (Wildman–Crippen MR) is 77.9 cm³/mol. The highest BCUT2D eigenvalue weighted by Crippen LogP contribution is 2.41. The molecule has 132 valence electrons. The van der Waals surface area contributed by atoms with E-state index in [1.807, 2.05) is 4.90 Å². The van der Waals surface area contributed by atoms with Gasteiger partial charge in [-0.25, -0.2) is 9.18 Å². The number of carbonyl (C=O) groups is 1. The monoisotopic (exact) mass is 346 g/mol. The van der Waals surface area contributed by atoms with E-state index in [9.17, 15) is 22.4 Å². The van der Waals surface area contributed by atoms with Crippen LogP contribution in [0.4, 0.5) is 22.4 Å². The fourth-order valence-electron chi connectivity index (χ4n) is 3.60. The zero-order valence-electron chi connectivity index (χ0n) is 12.9. The number of piperidine rings is 1. The van der Waals surface area contributed by atoms with Gasteiger partial charge in [-0.3, -0.25) is 4.90 Å². The van der Waals surface area contributed by atoms with Crippen molar-refractivity contribution in [2.45, 2.75) is 25.6 Å². The molecule has 2 aliphatic heterocycles. The van der Waals surface area contributed by atoms with Crippen LogP contribution in [-0.4, -0.2) is 47.2 Å². The summed E-state index contributed by atoms with van der Waals surface area (Å²) < 4.78 is 51.5. The van der Waals surface area contributed by atoms with E-state index in [1.165, 1.54) is 11.0 Å². The Morgan fingerprint density at radius 1 is 1.21 bits per heavy atom. The summed E-state index contributed by atoms with van der Waals surface area (Å²) in [7, 11) is 0. The number of nitrogens with zero attached hydrogens (tertiary/aromatic N) is 2. The molecule has 8 heteroatoms. The summed E-state index contributed by atoms with van der Waals surface area (Å²) in [5.74, 6) is -0.841. The molecule has 0 atom stereocenters. The van der Waals surface area contributed by atoms with Gasteiger partial charge >= 0.3 is 12.3 Å². The van der Waals surface area contributed by atoms with E-state index in [0.29, 0.717) is 19.2 Å². The molecule has 1 N–H and O–H groups in total. The first kappa shape index (κ1) is 17.0. The van der Waals surface area contributed by atoms with Crippen molar-refractivity contribution in [1.82, 2.24) is 9.80 Å². The van der Waals surface area contributed by atoms with Gasteiger partial charge in [0.05, 0.1) is 5.56 Å². The first-order chi connectivity index (χ1) is 11.2. The summed E-state index contributed by atoms with van der Waals surface area (Å²) in [5.41, 5.74) is -0.667. The molecule has 0 aromatic heterocycles. The van der Waals surface area contributed by atoms with Crippen molar-refractivity contribution in [2.75, 3.05) is 26.2 Å². The van der Waals surface area contributed by atoms with Crippen LogP contribution in [0.2, 0.25) is 0 Å². The number of carboxylic acid groups (broad SMARTS) is 1. The SMILES string of the molecule is O=C(O)N1CCC2(CC1)CN(Cc1ccc(C(F)(F)F)cc1F)C2. The molecule has 4 nitrogen and oxygen atoms in total. The molecule has 2 fully saturated rings. The van der Waals surface area contributed by atoms with E-state index < -0.39 is 23.7 Å². The minimum absolute atomic E-state index is 0.0638. The van der Waals surface area contributed by atoms with Crippen LogP contribution in [0, 0.1) is 11.2 Å². The maximum Gasteiger partial charge on any atom is 0.416 e. The van der Waals surface area contributed by atoms with Gasteiger partial charge in [0.1, 0.15) is 5.82 Å². The second-order valence-corrected chi connectivity index (χ2v) is 6.72. The van der Waals surface area contributed by atoms with Crippen LogP contribution in [0.3, 0.4) is 0 Å². The molecule has 1 spiro atoms. The summed E-state index contributed by atoms with van der Waals surface area (Å²) in [6, 6.07) is 2.63. The molecule has 3 rings (SSSR count). The zero-order chi connectivity index (χ0) is 17.5. The average molecular weight is 346 g/mol. The molecule has 1 aromatic rings. The number of rotatable bonds is 2. The molecule has 0 aliphatic carbocycles. The molecule has 1 aromatic carbocycles. The highest BCUT2D eigenvalue weighted by molar-refractivity contribution is 5.65. The van der Waals surface area contributed by atoms with Crippen LogP contribution in [0.15, 0.2) is 18.2 Å². The molecule has 0 saturated carbocycles. The van der Waals surface area contributed by atoms with Crippen molar-refractivity contribution in [3.63, 3.8) is 0 Å². The van der Waals surface area contributed by atoms with E-state index in [0.717, 1.165) is 32.0 Å². The van der Waals surface area contributed by atoms with Gasteiger partial charge in [-0.05, 0) is 30.4 Å². The van der Waals surface area contributed by atoms with E-state index >= 15 is 0 Å². The Bertz CT molecular complexity index is 631. The van der Waals surface area contributed by atoms with Crippen molar-refractivity contribution in [3.8, 4) is 0 Å². The Morgan fingerprint density at radius 2 is 1.83 bits per heavy atom. The Hall–Kier alpha value is -1.83. The lowest BCUT2D eigenvalue weighted by Gasteiger charge is -2.53. The number of amides is 1. The van der Waals surface area contributed by atoms with Gasteiger partial charge in [0.25, 0.3) is 0 Å². The molecular formula is C16H18F4N2O2. The maximum atomic E-state index is 13.9. The Balaban J connectivity index is 1.56. The number of likely N-dealkylation sites (tertiary alicyclic amines) is 2. The third-order valence-electron chi connectivity index (χ3n) is 4.99. The van der Waals surface area contributed by atoms with Gasteiger partial charge in [0.2, 0.25) is 0 Å². The van der Waals surface area contributed by atoms with Crippen molar-refractivity contribution in [3.05, 3.63) is 35.1 Å². The van der Waals surface area contributed by atoms with Gasteiger partial charge < -0.3 is 10.0 Å². The van der Waals surface area contributed by atoms with Crippen molar-refractivity contribution >= 4 is 6.09 Å². The smallest absolute Gasteiger partial charge is 0.416 e. The lowest BCUT2D eigenvalue weighted by molar-refractivity contribution is -0.137. The standard InChI is InChI=1S/C16H18F4N2O2/c17-13-7-12(16(18,19)20)2-1-11(13)8-21-9-15(10-21)3-5-22(6-4-15)14(23)24/h1-2,7H,3-6,8-10H2,(H,23,24). The predicted octanol–water partition coefficient (Wildman–Crippen LogP) is 3.42. The van der Waals surface area contributed by atoms with Gasteiger partial charge in [-0.1, -0.05) is 6.07 Å². The topological polar surface area (TPSA) is 43.8 Å². The third-order valence-corrected chi connectivity index (χ3v) is 4.99. The number of hydrogen-bond donors (Lipinski definition) is 1. The van der Waals surface area contributed by atoms with Gasteiger partial charge in [0.15, 0.2) is 0 Å². The van der Waals surface area contributed by atoms with Gasteiger partial charge in [-0.15, -0.1) is 0 Å². The number of benzene rings is 1. The largest absolute Gasteiger partial charge is 0.465 e. The molecule has 2 saturated heterocycles. The summed E-state index contributed by atoms with van der Waals surface area (Å²) in [6.45, 7) is 2.71. The van der Waals surface area contributed by atoms with Crippen LogP contribution in [0.1, 0.15) is 24.0 Å². The quantitative estimate of drug-likeness (QED) is 0.835. The number of hydrogen-bond acceptors (Lipinski definition) is 2. The number of alkyl halides is 3. The van der Waals surface area contributed by atoms with Crippen molar-refractivity contribution in [2.24, 2.45) is 5.41 Å². The third kappa shape index (κ3) is 3.33. The first-order valence-electron chi connectivity index (χ1n) is 7.74. The minimum atomic E-state index is -4.54. The fraction of sp³-hybridized carbons (Fsp3) is 0.562. The van der Waals surface area contributed by atoms with Crippen LogP contribution in [0.25, 0.3) is 0 Å². The summed E-state index contributed by atoms with van der Waals surface area (Å²) in [6.07, 6.45) is -3.91. The van der Waals surface area contributed by atoms with Crippen LogP contribution in [0.5, 0.6) is 0 Å². The summed E-state index contributed by atoms with van der Waals surface area (Å²) in [5, 5.41) is 8.95. The Labute approximate surface area is 136 Å². The molecule has 2 aliphatic rings. The molecule has 0 radical (unpaired) electrons. The van der Waals surface area contributed by atoms with E-state index in [4.69, 9.17) is 5.11 Å². The van der Waals surface area contributed by atoms with Gasteiger partial charge in [-0.2, -0.15) is 13.2 Å². The molecule has 24 heavy (non-hydrogen) atoms. The minimum Gasteiger partial charge on any atom is -0.465 e. The average Bonchev–Trinajstić information content (AvgIpc) is 2.47. The zero-order valence-corrected chi connectivity index (χ0v) is 12.9. The molecular weight excluding hydrogens is 328 g/mol. The molecule has 0 unspecified atom stereocenters. The van der Waals surface area contributed by atoms with Crippen LogP contribution < -0.4 is 0 Å². The van der Waals surface area contributed by atoms with E-state index in [2.05, 4.69) is 0 Å². The first-order valence-corrected chi connectivity index (χ1v) is 7.74. The van der Waals surface area contributed by atoms with Gasteiger partial charge in [0, 0.05) is 38.3 Å². The second kappa shape index (κ2) is 5.91. The summed E-state index contributed by atoms with van der Waals surface area (Å²) in [4.78, 5) is 14.3. The highest BCUT2D eigenvalue weighted by atomic mass is 19.4. The number of halogens is 4. The lowest BCUT2D eigenvalue weighted by atomic mass is 9.72. The molecule has 1 amide bonds. The lowest BCUT2D eigenvalue weighted by Crippen LogP contribution is -2.60. The Kier molecular flexibility index (Phi) is 4.19. The second-order valence-electron chi connectivity index (χ2n) is 6.72. The van der Waals surface area contributed by atoms with Crippen LogP contribution >= 0.6 is 0 Å². The van der Waals surface area contributed by atoms with Crippen molar-refractivity contribution in [1.29, 1.82) is 0 Å². The summed E-state index contributed by atoms with van der Waals surface area (Å²) >= 11 is 0. The highest BCUT2D eigenvalue weighted by Gasteiger charge is 2.45. The van der Waals surface area contributed by atoms with E-state index in [1.54, 1.807) is 0 Å². The maximum absolute atomic E-state index is 13.9. The molecule has 0 bridgehead atoms. The fourth-order valence-corrected chi connectivity index (χ4v) is 3.60. The van der Waals surface area contributed by atoms with Crippen molar-refractivity contribution < 1.29 is 27.5 Å². The normalized spacial score (nSPS) is 20.9. The van der Waals surface area contributed by atoms with E-state index in [-0.39, 0.29) is 17.5 Å². The Morgan fingerprint density at radius 3 is 2.33 bits per heavy atom. The van der Waals surface area contributed by atoms with Crippen LogP contribution in [-0.2, 0) is 12.7 Å².